The van der Waals surface area contributed by atoms with Gasteiger partial charge in [-0.2, -0.15) is 0 Å². The van der Waals surface area contributed by atoms with Gasteiger partial charge in [-0.05, 0) is 35.2 Å². The van der Waals surface area contributed by atoms with Crippen molar-refractivity contribution in [2.24, 2.45) is 0 Å². The summed E-state index contributed by atoms with van der Waals surface area (Å²) in [6.45, 7) is 2.08. The highest BCUT2D eigenvalue weighted by Gasteiger charge is 2.30. The van der Waals surface area contributed by atoms with Crippen LogP contribution in [0.15, 0.2) is 4.47 Å². The van der Waals surface area contributed by atoms with E-state index in [-0.39, 0.29) is 6.10 Å². The number of aromatic nitrogens is 2. The van der Waals surface area contributed by atoms with Gasteiger partial charge in [0.25, 0.3) is 0 Å². The number of nitrogens with zero attached hydrogens (tertiary/aromatic N) is 2. The van der Waals surface area contributed by atoms with Crippen LogP contribution < -0.4 is 5.32 Å². The average Bonchev–Trinajstić information content (AvgIpc) is 3.16. The summed E-state index contributed by atoms with van der Waals surface area (Å²) in [6, 6.07) is 0. The van der Waals surface area contributed by atoms with Crippen LogP contribution in [0.2, 0.25) is 0 Å². The van der Waals surface area contributed by atoms with Gasteiger partial charge in [0, 0.05) is 20.1 Å². The van der Waals surface area contributed by atoms with Gasteiger partial charge in [0.2, 0.25) is 0 Å². The summed E-state index contributed by atoms with van der Waals surface area (Å²) in [5, 5.41) is 3.11. The van der Waals surface area contributed by atoms with Crippen molar-refractivity contribution in [1.82, 2.24) is 9.97 Å². The molecular formula is C12H18BrN3O. The predicted molar refractivity (Wildman–Crippen MR) is 71.3 cm³/mol. The molecule has 1 fully saturated rings. The second-order valence-corrected chi connectivity index (χ2v) is 5.08. The lowest BCUT2D eigenvalue weighted by Crippen LogP contribution is -2.10. The highest BCUT2D eigenvalue weighted by Crippen LogP contribution is 2.44. The van der Waals surface area contributed by atoms with E-state index >= 15 is 0 Å². The van der Waals surface area contributed by atoms with Crippen LogP contribution in [0.25, 0.3) is 0 Å². The van der Waals surface area contributed by atoms with Gasteiger partial charge in [0.15, 0.2) is 5.82 Å². The average molecular weight is 300 g/mol. The molecule has 94 valence electrons. The number of rotatable bonds is 5. The summed E-state index contributed by atoms with van der Waals surface area (Å²) in [5.74, 6) is 2.23. The molecule has 1 aromatic heterocycles. The summed E-state index contributed by atoms with van der Waals surface area (Å²) in [5.41, 5.74) is 1.12. The number of halogens is 1. The quantitative estimate of drug-likeness (QED) is 0.906. The Bertz CT molecular complexity index is 403. The molecule has 1 unspecified atom stereocenters. The first-order chi connectivity index (χ1) is 8.21. The molecule has 17 heavy (non-hydrogen) atoms. The molecule has 0 aliphatic heterocycles. The van der Waals surface area contributed by atoms with Crippen LogP contribution in [0.4, 0.5) is 5.82 Å². The largest absolute Gasteiger partial charge is 0.373 e. The van der Waals surface area contributed by atoms with E-state index in [1.54, 1.807) is 7.11 Å². The molecule has 2 rings (SSSR count). The van der Waals surface area contributed by atoms with Gasteiger partial charge in [0.05, 0.1) is 10.2 Å². The molecule has 0 saturated heterocycles. The molecule has 1 aromatic rings. The fraction of sp³-hybridized carbons (Fsp3) is 0.667. The molecule has 5 heteroatoms. The Morgan fingerprint density at radius 2 is 2.18 bits per heavy atom. The lowest BCUT2D eigenvalue weighted by molar-refractivity contribution is 0.0924. The van der Waals surface area contributed by atoms with Gasteiger partial charge in [-0.15, -0.1) is 0 Å². The van der Waals surface area contributed by atoms with Crippen LogP contribution in [0.3, 0.4) is 0 Å². The maximum atomic E-state index is 5.41. The Balaban J connectivity index is 2.42. The Morgan fingerprint density at radius 3 is 2.65 bits per heavy atom. The minimum absolute atomic E-state index is 0.0206. The fourth-order valence-corrected chi connectivity index (χ4v) is 2.57. The van der Waals surface area contributed by atoms with Gasteiger partial charge < -0.3 is 10.1 Å². The molecule has 4 nitrogen and oxygen atoms in total. The number of hydrogen-bond donors (Lipinski definition) is 1. The Morgan fingerprint density at radius 1 is 1.47 bits per heavy atom. The lowest BCUT2D eigenvalue weighted by atomic mass is 10.2. The molecule has 1 N–H and O–H groups in total. The summed E-state index contributed by atoms with van der Waals surface area (Å²) in [6.07, 6.45) is 3.31. The fourth-order valence-electron chi connectivity index (χ4n) is 1.87. The van der Waals surface area contributed by atoms with Crippen LogP contribution in [0.1, 0.15) is 49.7 Å². The third-order valence-electron chi connectivity index (χ3n) is 3.04. The minimum Gasteiger partial charge on any atom is -0.373 e. The topological polar surface area (TPSA) is 47.0 Å². The van der Waals surface area contributed by atoms with Gasteiger partial charge in [-0.25, -0.2) is 9.97 Å². The van der Waals surface area contributed by atoms with E-state index in [9.17, 15) is 0 Å². The van der Waals surface area contributed by atoms with Crippen molar-refractivity contribution in [2.45, 2.75) is 38.2 Å². The van der Waals surface area contributed by atoms with E-state index in [0.717, 1.165) is 28.2 Å². The Labute approximate surface area is 110 Å². The third kappa shape index (κ3) is 2.60. The zero-order chi connectivity index (χ0) is 12.4. The van der Waals surface area contributed by atoms with Crippen molar-refractivity contribution in [3.05, 3.63) is 16.0 Å². The number of ether oxygens (including phenoxy) is 1. The molecule has 1 aliphatic carbocycles. The van der Waals surface area contributed by atoms with Crippen molar-refractivity contribution in [2.75, 3.05) is 19.5 Å². The minimum atomic E-state index is -0.0206. The Kier molecular flexibility index (Phi) is 3.99. The maximum absolute atomic E-state index is 5.41. The molecule has 1 saturated carbocycles. The monoisotopic (exact) mass is 299 g/mol. The number of anilines is 1. The standard InChI is InChI=1S/C12H18BrN3O/c1-4-8(17-3)11-15-10(7-5-6-7)9(13)12(14-2)16-11/h7-8H,4-6H2,1-3H3,(H,14,15,16). The van der Waals surface area contributed by atoms with E-state index < -0.39 is 0 Å². The highest BCUT2D eigenvalue weighted by atomic mass is 79.9. The van der Waals surface area contributed by atoms with Gasteiger partial charge in [-0.3, -0.25) is 0 Å². The molecule has 0 aromatic carbocycles. The Hall–Kier alpha value is -0.680. The second-order valence-electron chi connectivity index (χ2n) is 4.29. The van der Waals surface area contributed by atoms with E-state index in [1.165, 1.54) is 12.8 Å². The van der Waals surface area contributed by atoms with Crippen LogP contribution >= 0.6 is 15.9 Å². The van der Waals surface area contributed by atoms with Crippen LogP contribution in [0, 0.1) is 0 Å². The van der Waals surface area contributed by atoms with E-state index in [2.05, 4.69) is 38.1 Å². The second kappa shape index (κ2) is 5.31. The third-order valence-corrected chi connectivity index (χ3v) is 3.82. The SMILES string of the molecule is CCC(OC)c1nc(NC)c(Br)c(C2CC2)n1. The van der Waals surface area contributed by atoms with Gasteiger partial charge in [-0.1, -0.05) is 6.92 Å². The van der Waals surface area contributed by atoms with Crippen molar-refractivity contribution >= 4 is 21.7 Å². The first kappa shape index (κ1) is 12.8. The number of hydrogen-bond acceptors (Lipinski definition) is 4. The van der Waals surface area contributed by atoms with Crippen molar-refractivity contribution in [3.8, 4) is 0 Å². The predicted octanol–water partition coefficient (Wildman–Crippen LogP) is 3.26. The van der Waals surface area contributed by atoms with E-state index in [4.69, 9.17) is 4.74 Å². The molecule has 1 atom stereocenters. The molecule has 1 heterocycles. The maximum Gasteiger partial charge on any atom is 0.159 e. The highest BCUT2D eigenvalue weighted by molar-refractivity contribution is 9.10. The molecule has 0 amide bonds. The first-order valence-corrected chi connectivity index (χ1v) is 6.78. The van der Waals surface area contributed by atoms with Crippen LogP contribution in [-0.4, -0.2) is 24.1 Å². The summed E-state index contributed by atoms with van der Waals surface area (Å²) >= 11 is 3.58. The van der Waals surface area contributed by atoms with Crippen LogP contribution in [-0.2, 0) is 4.74 Å². The van der Waals surface area contributed by atoms with Gasteiger partial charge >= 0.3 is 0 Å². The smallest absolute Gasteiger partial charge is 0.159 e. The van der Waals surface area contributed by atoms with Crippen molar-refractivity contribution in [3.63, 3.8) is 0 Å². The summed E-state index contributed by atoms with van der Waals surface area (Å²) in [4.78, 5) is 9.17. The van der Waals surface area contributed by atoms with E-state index in [1.807, 2.05) is 7.05 Å². The first-order valence-electron chi connectivity index (χ1n) is 5.99. The summed E-state index contributed by atoms with van der Waals surface area (Å²) in [7, 11) is 3.58. The summed E-state index contributed by atoms with van der Waals surface area (Å²) < 4.78 is 6.41. The molecule has 0 radical (unpaired) electrons. The zero-order valence-electron chi connectivity index (χ0n) is 10.5. The number of nitrogens with one attached hydrogen (secondary N) is 1. The number of methoxy groups -OCH3 is 1. The zero-order valence-corrected chi connectivity index (χ0v) is 12.0. The molecule has 0 spiro atoms. The molecular weight excluding hydrogens is 282 g/mol. The van der Waals surface area contributed by atoms with Gasteiger partial charge in [0.1, 0.15) is 11.9 Å². The molecule has 1 aliphatic rings. The molecule has 0 bridgehead atoms. The lowest BCUT2D eigenvalue weighted by Gasteiger charge is -2.15. The van der Waals surface area contributed by atoms with Crippen LogP contribution in [0.5, 0.6) is 0 Å². The normalized spacial score (nSPS) is 16.9. The van der Waals surface area contributed by atoms with Crippen molar-refractivity contribution in [1.29, 1.82) is 0 Å². The van der Waals surface area contributed by atoms with Crippen molar-refractivity contribution < 1.29 is 4.74 Å². The van der Waals surface area contributed by atoms with E-state index in [0.29, 0.717) is 5.92 Å².